The average molecular weight is 329 g/mol. The first-order chi connectivity index (χ1) is 9.62. The number of ether oxygens (including phenoxy) is 1. The van der Waals surface area contributed by atoms with Crippen LogP contribution >= 0.6 is 12.2 Å². The molecule has 4 unspecified atom stereocenters. The molecule has 1 saturated heterocycles. The summed E-state index contributed by atoms with van der Waals surface area (Å²) in [5, 5.41) is 18.5. The molecule has 0 radical (unpaired) electrons. The summed E-state index contributed by atoms with van der Waals surface area (Å²) in [5.41, 5.74) is 1.18. The minimum Gasteiger partial charge on any atom is -0.394 e. The van der Waals surface area contributed by atoms with Gasteiger partial charge in [0.15, 0.2) is 6.23 Å². The Morgan fingerprint density at radius 2 is 2.14 bits per heavy atom. The van der Waals surface area contributed by atoms with E-state index < -0.39 is 41.7 Å². The zero-order valence-corrected chi connectivity index (χ0v) is 11.1. The van der Waals surface area contributed by atoms with Crippen molar-refractivity contribution in [3.8, 4) is 0 Å². The van der Waals surface area contributed by atoms with Gasteiger partial charge >= 0.3 is 6.18 Å². The highest BCUT2D eigenvalue weighted by atomic mass is 32.1. The fourth-order valence-electron chi connectivity index (χ4n) is 2.08. The van der Waals surface area contributed by atoms with Gasteiger partial charge < -0.3 is 20.7 Å². The van der Waals surface area contributed by atoms with Crippen LogP contribution in [0.2, 0.25) is 0 Å². The van der Waals surface area contributed by atoms with E-state index in [0.717, 1.165) is 12.3 Å². The van der Waals surface area contributed by atoms with Gasteiger partial charge in [-0.3, -0.25) is 4.57 Å². The Balaban J connectivity index is 2.57. The Bertz CT molecular complexity index is 596. The topological polar surface area (TPSA) is 93.5 Å². The zero-order chi connectivity index (χ0) is 16.0. The summed E-state index contributed by atoms with van der Waals surface area (Å²) in [6, 6.07) is 1.11. The Morgan fingerprint density at radius 1 is 1.52 bits per heavy atom. The minimum atomic E-state index is -5.45. The number of halogens is 4. The number of aliphatic hydroxyl groups is 2. The third-order valence-electron chi connectivity index (χ3n) is 3.16. The van der Waals surface area contributed by atoms with Crippen molar-refractivity contribution in [1.29, 1.82) is 0 Å². The van der Waals surface area contributed by atoms with Crippen LogP contribution in [0, 0.1) is 4.77 Å². The lowest BCUT2D eigenvalue weighted by Crippen LogP contribution is -2.54. The van der Waals surface area contributed by atoms with E-state index in [1.165, 1.54) is 0 Å². The van der Waals surface area contributed by atoms with Crippen LogP contribution in [-0.4, -0.2) is 50.4 Å². The lowest BCUT2D eigenvalue weighted by Gasteiger charge is -2.31. The molecule has 0 aromatic carbocycles. The Morgan fingerprint density at radius 3 is 2.62 bits per heavy atom. The van der Waals surface area contributed by atoms with Crippen LogP contribution in [0.4, 0.5) is 23.4 Å². The first kappa shape index (κ1) is 16.1. The molecule has 0 spiro atoms. The van der Waals surface area contributed by atoms with Gasteiger partial charge in [0.05, 0.1) is 6.61 Å². The maximum Gasteiger partial charge on any atom is 0.429 e. The summed E-state index contributed by atoms with van der Waals surface area (Å²) in [6.07, 6.45) is -11.1. The molecule has 4 atom stereocenters. The summed E-state index contributed by atoms with van der Waals surface area (Å²) in [6.45, 7) is -0.991. The Kier molecular flexibility index (Phi) is 3.95. The summed E-state index contributed by atoms with van der Waals surface area (Å²) in [7, 11) is 0. The van der Waals surface area contributed by atoms with Crippen LogP contribution in [-0.2, 0) is 4.74 Å². The molecule has 118 valence electrons. The number of nitrogens with zero attached hydrogens (tertiary/aromatic N) is 2. The third kappa shape index (κ3) is 2.39. The van der Waals surface area contributed by atoms with E-state index in [0.29, 0.717) is 4.57 Å². The molecule has 1 aromatic rings. The Hall–Kier alpha value is -1.30. The summed E-state index contributed by atoms with van der Waals surface area (Å²) in [4.78, 5) is 3.54. The predicted molar refractivity (Wildman–Crippen MR) is 64.4 cm³/mol. The van der Waals surface area contributed by atoms with Crippen molar-refractivity contribution in [3.05, 3.63) is 17.0 Å². The van der Waals surface area contributed by atoms with Crippen molar-refractivity contribution in [2.45, 2.75) is 30.3 Å². The van der Waals surface area contributed by atoms with Gasteiger partial charge in [0.25, 0.3) is 5.67 Å². The Labute approximate surface area is 120 Å². The number of hydrogen-bond donors (Lipinski definition) is 3. The van der Waals surface area contributed by atoms with Gasteiger partial charge in [-0.2, -0.15) is 13.2 Å². The molecular formula is C10H11F4N3O3S. The monoisotopic (exact) mass is 329 g/mol. The second-order valence-corrected chi connectivity index (χ2v) is 4.83. The molecule has 11 heteroatoms. The molecular weight excluding hydrogens is 318 g/mol. The van der Waals surface area contributed by atoms with Crippen LogP contribution in [0.15, 0.2) is 12.3 Å². The van der Waals surface area contributed by atoms with E-state index in [4.69, 9.17) is 27.8 Å². The molecule has 0 bridgehead atoms. The van der Waals surface area contributed by atoms with Crippen LogP contribution in [0.5, 0.6) is 0 Å². The van der Waals surface area contributed by atoms with Crippen molar-refractivity contribution in [3.63, 3.8) is 0 Å². The first-order valence-electron chi connectivity index (χ1n) is 5.67. The molecule has 1 aromatic heterocycles. The largest absolute Gasteiger partial charge is 0.429 e. The molecule has 0 saturated carbocycles. The minimum absolute atomic E-state index is 0.0648. The maximum absolute atomic E-state index is 14.5. The molecule has 0 aliphatic carbocycles. The highest BCUT2D eigenvalue weighted by molar-refractivity contribution is 7.71. The SMILES string of the molecule is Nc1ccn(C2OC(CO)C(O)C2(F)C(F)(F)F)c(=S)n1. The van der Waals surface area contributed by atoms with E-state index >= 15 is 0 Å². The molecule has 2 heterocycles. The maximum atomic E-state index is 14.5. The second-order valence-electron chi connectivity index (χ2n) is 4.46. The number of nitrogen functional groups attached to an aromatic ring is 1. The fraction of sp³-hybridized carbons (Fsp3) is 0.600. The quantitative estimate of drug-likeness (QED) is 0.547. The first-order valence-corrected chi connectivity index (χ1v) is 6.08. The van der Waals surface area contributed by atoms with Crippen LogP contribution < -0.4 is 5.73 Å². The molecule has 4 N–H and O–H groups in total. The molecule has 2 rings (SSSR count). The van der Waals surface area contributed by atoms with E-state index in [1.54, 1.807) is 0 Å². The van der Waals surface area contributed by atoms with Crippen molar-refractivity contribution in [1.82, 2.24) is 9.55 Å². The predicted octanol–water partition coefficient (Wildman–Crippen LogP) is 0.716. The van der Waals surface area contributed by atoms with E-state index in [9.17, 15) is 22.7 Å². The smallest absolute Gasteiger partial charge is 0.394 e. The number of rotatable bonds is 2. The van der Waals surface area contributed by atoms with Gasteiger partial charge in [-0.15, -0.1) is 0 Å². The van der Waals surface area contributed by atoms with Crippen LogP contribution in [0.25, 0.3) is 0 Å². The summed E-state index contributed by atoms with van der Waals surface area (Å²) in [5.74, 6) is -0.0648. The fourth-order valence-corrected chi connectivity index (χ4v) is 2.34. The van der Waals surface area contributed by atoms with Crippen molar-refractivity contribution in [2.75, 3.05) is 12.3 Å². The van der Waals surface area contributed by atoms with Crippen molar-refractivity contribution < 1.29 is 32.5 Å². The standard InChI is InChI=1S/C10H11F4N3O3S/c11-9(10(12,13)14)6(19)4(3-18)20-7(9)17-2-1-5(15)16-8(17)21/h1-2,4,6-7,18-19H,3H2,(H2,15,16,21). The highest BCUT2D eigenvalue weighted by Crippen LogP contribution is 2.51. The van der Waals surface area contributed by atoms with E-state index in [1.807, 2.05) is 0 Å². The number of hydrogen-bond acceptors (Lipinski definition) is 6. The normalized spacial score (nSPS) is 33.3. The van der Waals surface area contributed by atoms with Gasteiger partial charge in [0.1, 0.15) is 18.0 Å². The molecule has 1 fully saturated rings. The van der Waals surface area contributed by atoms with Gasteiger partial charge in [0, 0.05) is 6.20 Å². The summed E-state index contributed by atoms with van der Waals surface area (Å²) >= 11 is 4.73. The van der Waals surface area contributed by atoms with E-state index in [-0.39, 0.29) is 5.82 Å². The van der Waals surface area contributed by atoms with Gasteiger partial charge in [-0.1, -0.05) is 0 Å². The second kappa shape index (κ2) is 5.16. The van der Waals surface area contributed by atoms with Crippen molar-refractivity contribution in [2.24, 2.45) is 0 Å². The number of aromatic nitrogens is 2. The third-order valence-corrected chi connectivity index (χ3v) is 3.47. The number of nitrogens with two attached hydrogens (primary N) is 1. The highest BCUT2D eigenvalue weighted by Gasteiger charge is 2.72. The molecule has 6 nitrogen and oxygen atoms in total. The van der Waals surface area contributed by atoms with Crippen molar-refractivity contribution >= 4 is 18.0 Å². The number of aliphatic hydroxyl groups excluding tert-OH is 2. The lowest BCUT2D eigenvalue weighted by atomic mass is 9.95. The molecule has 1 aliphatic heterocycles. The van der Waals surface area contributed by atoms with Gasteiger partial charge in [-0.05, 0) is 18.3 Å². The number of alkyl halides is 4. The van der Waals surface area contributed by atoms with Crippen LogP contribution in [0.1, 0.15) is 6.23 Å². The molecule has 21 heavy (non-hydrogen) atoms. The average Bonchev–Trinajstić information content (AvgIpc) is 2.63. The van der Waals surface area contributed by atoms with E-state index in [2.05, 4.69) is 4.98 Å². The number of anilines is 1. The summed E-state index contributed by atoms with van der Waals surface area (Å²) < 4.78 is 58.7. The van der Waals surface area contributed by atoms with Gasteiger partial charge in [0.2, 0.25) is 4.77 Å². The molecule has 1 aliphatic rings. The lowest BCUT2D eigenvalue weighted by molar-refractivity contribution is -0.273. The van der Waals surface area contributed by atoms with Gasteiger partial charge in [-0.25, -0.2) is 9.37 Å². The van der Waals surface area contributed by atoms with Crippen LogP contribution in [0.3, 0.4) is 0 Å². The zero-order valence-electron chi connectivity index (χ0n) is 10.3. The molecule has 0 amide bonds.